The van der Waals surface area contributed by atoms with Crippen LogP contribution in [-0.2, 0) is 4.74 Å². The Balaban J connectivity index is 1.70. The van der Waals surface area contributed by atoms with E-state index in [2.05, 4.69) is 20.6 Å². The molecule has 2 rings (SSSR count). The summed E-state index contributed by atoms with van der Waals surface area (Å²) < 4.78 is 19.3. The molecule has 100 valence electrons. The lowest BCUT2D eigenvalue weighted by Gasteiger charge is -2.23. The first kappa shape index (κ1) is 13.2. The van der Waals surface area contributed by atoms with Crippen LogP contribution in [0.4, 0.5) is 10.2 Å². The topological polar surface area (TPSA) is 59.1 Å². The highest BCUT2D eigenvalue weighted by Gasteiger charge is 2.13. The zero-order valence-corrected chi connectivity index (χ0v) is 10.6. The number of nitrogens with one attached hydrogen (secondary N) is 2. The zero-order chi connectivity index (χ0) is 12.8. The summed E-state index contributed by atoms with van der Waals surface area (Å²) in [5.74, 6) is -0.143. The minimum absolute atomic E-state index is 0.247. The molecule has 5 nitrogen and oxygen atoms in total. The van der Waals surface area contributed by atoms with Crippen molar-refractivity contribution in [2.45, 2.75) is 25.9 Å². The SMILES string of the molecule is Cc1ncnc(NCCOC2CCNCC2)c1F. The number of ether oxygens (including phenoxy) is 1. The maximum atomic E-state index is 13.5. The van der Waals surface area contributed by atoms with Gasteiger partial charge in [0.2, 0.25) is 0 Å². The maximum absolute atomic E-state index is 13.5. The van der Waals surface area contributed by atoms with Crippen molar-refractivity contribution in [2.75, 3.05) is 31.6 Å². The fourth-order valence-electron chi connectivity index (χ4n) is 1.94. The van der Waals surface area contributed by atoms with E-state index in [-0.39, 0.29) is 11.6 Å². The second kappa shape index (κ2) is 6.61. The van der Waals surface area contributed by atoms with Gasteiger partial charge in [0.05, 0.1) is 18.4 Å². The van der Waals surface area contributed by atoms with E-state index >= 15 is 0 Å². The second-order valence-electron chi connectivity index (χ2n) is 4.37. The first-order valence-electron chi connectivity index (χ1n) is 6.30. The van der Waals surface area contributed by atoms with Gasteiger partial charge in [-0.1, -0.05) is 0 Å². The van der Waals surface area contributed by atoms with Crippen molar-refractivity contribution in [2.24, 2.45) is 0 Å². The molecule has 0 spiro atoms. The average Bonchev–Trinajstić information content (AvgIpc) is 2.40. The number of rotatable bonds is 5. The van der Waals surface area contributed by atoms with Crippen molar-refractivity contribution >= 4 is 5.82 Å². The van der Waals surface area contributed by atoms with Gasteiger partial charge in [-0.3, -0.25) is 0 Å². The smallest absolute Gasteiger partial charge is 0.186 e. The maximum Gasteiger partial charge on any atom is 0.186 e. The van der Waals surface area contributed by atoms with E-state index in [0.29, 0.717) is 24.9 Å². The van der Waals surface area contributed by atoms with Gasteiger partial charge >= 0.3 is 0 Å². The molecule has 2 heterocycles. The fraction of sp³-hybridized carbons (Fsp3) is 0.667. The summed E-state index contributed by atoms with van der Waals surface area (Å²) >= 11 is 0. The molecule has 2 N–H and O–H groups in total. The third-order valence-corrected chi connectivity index (χ3v) is 3.00. The van der Waals surface area contributed by atoms with Gasteiger partial charge in [0, 0.05) is 6.54 Å². The van der Waals surface area contributed by atoms with E-state index in [4.69, 9.17) is 4.74 Å². The van der Waals surface area contributed by atoms with Gasteiger partial charge in [0.15, 0.2) is 11.6 Å². The van der Waals surface area contributed by atoms with Crippen LogP contribution < -0.4 is 10.6 Å². The molecule has 1 aromatic heterocycles. The van der Waals surface area contributed by atoms with E-state index in [0.717, 1.165) is 25.9 Å². The first-order valence-corrected chi connectivity index (χ1v) is 6.30. The number of hydrogen-bond donors (Lipinski definition) is 2. The van der Waals surface area contributed by atoms with E-state index in [1.54, 1.807) is 6.92 Å². The van der Waals surface area contributed by atoms with Crippen LogP contribution in [0.15, 0.2) is 6.33 Å². The number of anilines is 1. The summed E-state index contributed by atoms with van der Waals surface area (Å²) in [7, 11) is 0. The Labute approximate surface area is 106 Å². The lowest BCUT2D eigenvalue weighted by atomic mass is 10.1. The van der Waals surface area contributed by atoms with E-state index in [9.17, 15) is 4.39 Å². The third kappa shape index (κ3) is 3.61. The highest BCUT2D eigenvalue weighted by molar-refractivity contribution is 5.36. The fourth-order valence-corrected chi connectivity index (χ4v) is 1.94. The molecular weight excluding hydrogens is 235 g/mol. The Hall–Kier alpha value is -1.27. The minimum Gasteiger partial charge on any atom is -0.376 e. The summed E-state index contributed by atoms with van der Waals surface area (Å²) in [5, 5.41) is 6.21. The third-order valence-electron chi connectivity index (χ3n) is 3.00. The number of aryl methyl sites for hydroxylation is 1. The summed E-state index contributed by atoms with van der Waals surface area (Å²) in [6, 6.07) is 0. The first-order chi connectivity index (χ1) is 8.77. The Morgan fingerprint density at radius 2 is 2.22 bits per heavy atom. The van der Waals surface area contributed by atoms with Crippen LogP contribution in [0.1, 0.15) is 18.5 Å². The molecule has 18 heavy (non-hydrogen) atoms. The molecule has 0 bridgehead atoms. The van der Waals surface area contributed by atoms with Crippen LogP contribution in [0.2, 0.25) is 0 Å². The van der Waals surface area contributed by atoms with Crippen LogP contribution in [0.25, 0.3) is 0 Å². The molecule has 6 heteroatoms. The number of aromatic nitrogens is 2. The van der Waals surface area contributed by atoms with Crippen molar-refractivity contribution in [3.05, 3.63) is 17.8 Å². The number of hydrogen-bond acceptors (Lipinski definition) is 5. The number of piperidine rings is 1. The molecule has 0 atom stereocenters. The molecule has 1 aliphatic heterocycles. The molecule has 0 aromatic carbocycles. The molecular formula is C12H19FN4O. The molecule has 0 radical (unpaired) electrons. The molecule has 0 amide bonds. The van der Waals surface area contributed by atoms with Gasteiger partial charge in [0.25, 0.3) is 0 Å². The van der Waals surface area contributed by atoms with Crippen molar-refractivity contribution in [3.8, 4) is 0 Å². The minimum atomic E-state index is -0.389. The largest absolute Gasteiger partial charge is 0.376 e. The van der Waals surface area contributed by atoms with Crippen molar-refractivity contribution in [1.29, 1.82) is 0 Å². The van der Waals surface area contributed by atoms with E-state index in [1.165, 1.54) is 6.33 Å². The normalized spacial score (nSPS) is 16.8. The van der Waals surface area contributed by atoms with Crippen molar-refractivity contribution < 1.29 is 9.13 Å². The van der Waals surface area contributed by atoms with Crippen molar-refractivity contribution in [1.82, 2.24) is 15.3 Å². The molecule has 1 aromatic rings. The standard InChI is InChI=1S/C12H19FN4O/c1-9-11(13)12(17-8-16-9)15-6-7-18-10-2-4-14-5-3-10/h8,10,14H,2-7H2,1H3,(H,15,16,17). The Morgan fingerprint density at radius 1 is 1.44 bits per heavy atom. The molecule has 0 aliphatic carbocycles. The van der Waals surface area contributed by atoms with Gasteiger partial charge in [-0.25, -0.2) is 14.4 Å². The quantitative estimate of drug-likeness (QED) is 0.771. The zero-order valence-electron chi connectivity index (χ0n) is 10.6. The van der Waals surface area contributed by atoms with Gasteiger partial charge in [0.1, 0.15) is 6.33 Å². The van der Waals surface area contributed by atoms with Crippen molar-refractivity contribution in [3.63, 3.8) is 0 Å². The van der Waals surface area contributed by atoms with E-state index in [1.807, 2.05) is 0 Å². The van der Waals surface area contributed by atoms with Crippen LogP contribution in [0, 0.1) is 12.7 Å². The van der Waals surface area contributed by atoms with Crippen LogP contribution in [-0.4, -0.2) is 42.3 Å². The number of halogens is 1. The van der Waals surface area contributed by atoms with Crippen LogP contribution in [0.5, 0.6) is 0 Å². The highest BCUT2D eigenvalue weighted by Crippen LogP contribution is 2.11. The molecule has 1 saturated heterocycles. The summed E-state index contributed by atoms with van der Waals surface area (Å²) in [5.41, 5.74) is 0.353. The Kier molecular flexibility index (Phi) is 4.83. The van der Waals surface area contributed by atoms with Crippen LogP contribution >= 0.6 is 0 Å². The number of nitrogens with zero attached hydrogens (tertiary/aromatic N) is 2. The lowest BCUT2D eigenvalue weighted by molar-refractivity contribution is 0.0394. The predicted molar refractivity (Wildman–Crippen MR) is 67.1 cm³/mol. The van der Waals surface area contributed by atoms with Gasteiger partial charge < -0.3 is 15.4 Å². The Bertz CT molecular complexity index is 382. The predicted octanol–water partition coefficient (Wildman–Crippen LogP) is 1.10. The Morgan fingerprint density at radius 3 is 3.00 bits per heavy atom. The summed E-state index contributed by atoms with van der Waals surface area (Å²) in [4.78, 5) is 7.64. The summed E-state index contributed by atoms with van der Waals surface area (Å²) in [6.07, 6.45) is 3.76. The van der Waals surface area contributed by atoms with Gasteiger partial charge in [-0.2, -0.15) is 0 Å². The monoisotopic (exact) mass is 254 g/mol. The van der Waals surface area contributed by atoms with E-state index < -0.39 is 0 Å². The second-order valence-corrected chi connectivity index (χ2v) is 4.37. The molecule has 1 aliphatic rings. The van der Waals surface area contributed by atoms with Gasteiger partial charge in [-0.05, 0) is 32.9 Å². The lowest BCUT2D eigenvalue weighted by Crippen LogP contribution is -2.33. The highest BCUT2D eigenvalue weighted by atomic mass is 19.1. The average molecular weight is 254 g/mol. The summed E-state index contributed by atoms with van der Waals surface area (Å²) in [6.45, 7) is 4.76. The van der Waals surface area contributed by atoms with Gasteiger partial charge in [-0.15, -0.1) is 0 Å². The van der Waals surface area contributed by atoms with Crippen LogP contribution in [0.3, 0.4) is 0 Å². The molecule has 1 fully saturated rings. The molecule has 0 saturated carbocycles. The molecule has 0 unspecified atom stereocenters.